The number of nitrogens with two attached hydrogens (primary N) is 1. The molecule has 0 fully saturated rings. The molecular weight excluding hydrogens is 356 g/mol. The predicted molar refractivity (Wildman–Crippen MR) is 102 cm³/mol. The van der Waals surface area contributed by atoms with E-state index in [-0.39, 0.29) is 5.91 Å². The molecular formula is C17H20N4O2S2. The minimum Gasteiger partial charge on any atom is -0.351 e. The highest BCUT2D eigenvalue weighted by molar-refractivity contribution is 7.20. The van der Waals surface area contributed by atoms with Gasteiger partial charge in [-0.1, -0.05) is 18.6 Å². The van der Waals surface area contributed by atoms with Crippen molar-refractivity contribution in [3.8, 4) is 0 Å². The molecule has 0 atom stereocenters. The number of nitrogens with one attached hydrogen (secondary N) is 1. The molecule has 8 heteroatoms. The van der Waals surface area contributed by atoms with E-state index in [4.69, 9.17) is 5.73 Å². The fraction of sp³-hybridized carbons (Fsp3) is 0.294. The Labute approximate surface area is 154 Å². The summed E-state index contributed by atoms with van der Waals surface area (Å²) < 4.78 is 1.06. The Morgan fingerprint density at radius 2 is 2.08 bits per heavy atom. The van der Waals surface area contributed by atoms with E-state index in [9.17, 15) is 9.59 Å². The molecule has 6 nitrogen and oxygen atoms in total. The number of rotatable bonds is 7. The molecule has 0 aliphatic carbocycles. The van der Waals surface area contributed by atoms with Crippen LogP contribution >= 0.6 is 22.7 Å². The Morgan fingerprint density at radius 1 is 1.24 bits per heavy atom. The molecule has 132 valence electrons. The molecule has 1 amide bonds. The summed E-state index contributed by atoms with van der Waals surface area (Å²) in [5.41, 5.74) is 7.91. The van der Waals surface area contributed by atoms with Crippen molar-refractivity contribution in [1.82, 2.24) is 15.3 Å². The van der Waals surface area contributed by atoms with Crippen LogP contribution in [0.4, 0.5) is 0 Å². The van der Waals surface area contributed by atoms with Gasteiger partial charge < -0.3 is 11.1 Å². The molecule has 0 spiro atoms. The van der Waals surface area contributed by atoms with Crippen molar-refractivity contribution >= 4 is 45.1 Å². The van der Waals surface area contributed by atoms with Gasteiger partial charge in [-0.3, -0.25) is 14.6 Å². The molecule has 25 heavy (non-hydrogen) atoms. The van der Waals surface area contributed by atoms with Crippen LogP contribution in [0.3, 0.4) is 0 Å². The molecule has 0 saturated heterocycles. The molecule has 0 radical (unpaired) electrons. The van der Waals surface area contributed by atoms with Crippen LogP contribution in [0.2, 0.25) is 0 Å². The summed E-state index contributed by atoms with van der Waals surface area (Å²) >= 11 is 2.77. The molecule has 0 aliphatic rings. The number of nitrogens with zero attached hydrogens (tertiary/aromatic N) is 2. The summed E-state index contributed by atoms with van der Waals surface area (Å²) in [7, 11) is 0. The highest BCUT2D eigenvalue weighted by atomic mass is 32.1. The SMILES string of the molecule is NCCCCCNC(=O)c1cncs1.O=Cc1nc2ccccc2s1. The van der Waals surface area contributed by atoms with Crippen molar-refractivity contribution in [2.75, 3.05) is 13.1 Å². The number of aldehydes is 1. The van der Waals surface area contributed by atoms with E-state index in [1.807, 2.05) is 24.3 Å². The molecule has 0 unspecified atom stereocenters. The minimum atomic E-state index is -0.0275. The van der Waals surface area contributed by atoms with Crippen LogP contribution in [-0.2, 0) is 0 Å². The number of unbranched alkanes of at least 4 members (excludes halogenated alkanes) is 2. The normalized spacial score (nSPS) is 10.1. The van der Waals surface area contributed by atoms with Gasteiger partial charge in [0.15, 0.2) is 11.3 Å². The number of thiazole rings is 2. The zero-order valence-electron chi connectivity index (χ0n) is 13.7. The molecule has 0 aliphatic heterocycles. The number of hydrogen-bond acceptors (Lipinski definition) is 7. The lowest BCUT2D eigenvalue weighted by molar-refractivity contribution is 0.0956. The average molecular weight is 377 g/mol. The van der Waals surface area contributed by atoms with E-state index < -0.39 is 0 Å². The molecule has 3 aromatic rings. The lowest BCUT2D eigenvalue weighted by Crippen LogP contribution is -2.23. The third kappa shape index (κ3) is 6.33. The molecule has 1 aromatic carbocycles. The van der Waals surface area contributed by atoms with Gasteiger partial charge in [0, 0.05) is 6.54 Å². The van der Waals surface area contributed by atoms with Gasteiger partial charge in [-0.15, -0.1) is 22.7 Å². The summed E-state index contributed by atoms with van der Waals surface area (Å²) in [6.45, 7) is 1.44. The fourth-order valence-electron chi connectivity index (χ4n) is 2.00. The number of hydrogen-bond donors (Lipinski definition) is 2. The monoisotopic (exact) mass is 376 g/mol. The Bertz CT molecular complexity index is 754. The van der Waals surface area contributed by atoms with Gasteiger partial charge in [0.1, 0.15) is 4.88 Å². The quantitative estimate of drug-likeness (QED) is 0.488. The zero-order chi connectivity index (χ0) is 17.9. The number of benzene rings is 1. The van der Waals surface area contributed by atoms with Gasteiger partial charge in [-0.2, -0.15) is 0 Å². The third-order valence-electron chi connectivity index (χ3n) is 3.23. The van der Waals surface area contributed by atoms with Gasteiger partial charge in [-0.25, -0.2) is 4.98 Å². The molecule has 3 N–H and O–H groups in total. The smallest absolute Gasteiger partial charge is 0.262 e. The minimum absolute atomic E-state index is 0.0275. The van der Waals surface area contributed by atoms with Crippen molar-refractivity contribution in [3.63, 3.8) is 0 Å². The summed E-state index contributed by atoms with van der Waals surface area (Å²) in [6.07, 6.45) is 5.45. The van der Waals surface area contributed by atoms with E-state index >= 15 is 0 Å². The summed E-state index contributed by atoms with van der Waals surface area (Å²) in [5.74, 6) is -0.0275. The van der Waals surface area contributed by atoms with Crippen molar-refractivity contribution < 1.29 is 9.59 Å². The van der Waals surface area contributed by atoms with E-state index in [1.165, 1.54) is 22.7 Å². The van der Waals surface area contributed by atoms with Crippen LogP contribution < -0.4 is 11.1 Å². The van der Waals surface area contributed by atoms with Gasteiger partial charge in [0.25, 0.3) is 5.91 Å². The predicted octanol–water partition coefficient (Wildman–Crippen LogP) is 3.11. The van der Waals surface area contributed by atoms with E-state index in [1.54, 1.807) is 11.7 Å². The maximum Gasteiger partial charge on any atom is 0.262 e. The molecule has 3 rings (SSSR count). The first-order valence-corrected chi connectivity index (χ1v) is 9.61. The lowest BCUT2D eigenvalue weighted by Gasteiger charge is -2.02. The zero-order valence-corrected chi connectivity index (χ0v) is 15.3. The van der Waals surface area contributed by atoms with E-state index in [2.05, 4.69) is 15.3 Å². The first kappa shape index (κ1) is 19.2. The second-order valence-corrected chi connectivity index (χ2v) is 7.06. The number of aromatic nitrogens is 2. The van der Waals surface area contributed by atoms with Crippen molar-refractivity contribution in [2.24, 2.45) is 5.73 Å². The van der Waals surface area contributed by atoms with Crippen molar-refractivity contribution in [1.29, 1.82) is 0 Å². The van der Waals surface area contributed by atoms with Gasteiger partial charge in [0.05, 0.1) is 21.9 Å². The lowest BCUT2D eigenvalue weighted by atomic mass is 10.2. The molecule has 0 bridgehead atoms. The van der Waals surface area contributed by atoms with Gasteiger partial charge in [0.2, 0.25) is 0 Å². The second-order valence-electron chi connectivity index (χ2n) is 5.11. The Hall–Kier alpha value is -2.16. The third-order valence-corrected chi connectivity index (χ3v) is 4.97. The van der Waals surface area contributed by atoms with Crippen LogP contribution in [0.5, 0.6) is 0 Å². The van der Waals surface area contributed by atoms with Crippen molar-refractivity contribution in [3.05, 3.63) is 45.9 Å². The maximum atomic E-state index is 11.4. The summed E-state index contributed by atoms with van der Waals surface area (Å²) in [6, 6.07) is 7.71. The van der Waals surface area contributed by atoms with E-state index in [0.29, 0.717) is 9.88 Å². The van der Waals surface area contributed by atoms with Crippen molar-refractivity contribution in [2.45, 2.75) is 19.3 Å². The van der Waals surface area contributed by atoms with Crippen LogP contribution in [0.1, 0.15) is 38.7 Å². The summed E-state index contributed by atoms with van der Waals surface area (Å²) in [4.78, 5) is 30.3. The largest absolute Gasteiger partial charge is 0.351 e. The topological polar surface area (TPSA) is 98.0 Å². The molecule has 2 heterocycles. The number of amides is 1. The van der Waals surface area contributed by atoms with Gasteiger partial charge in [-0.05, 0) is 31.5 Å². The second kappa shape index (κ2) is 10.7. The standard InChI is InChI=1S/C9H15N3OS.C8H5NOS/c10-4-2-1-3-5-12-9(13)8-6-11-7-14-8;10-5-8-9-6-3-1-2-4-7(6)11-8/h6-7H,1-5,10H2,(H,12,13);1-5H. The number of carbonyl (C=O) groups excluding carboxylic acids is 2. The molecule has 0 saturated carbocycles. The van der Waals surface area contributed by atoms with Crippen LogP contribution in [0.15, 0.2) is 36.0 Å². The first-order chi connectivity index (χ1) is 12.2. The number of fused-ring (bicyclic) bond motifs is 1. The Kier molecular flexibility index (Phi) is 8.17. The first-order valence-electron chi connectivity index (χ1n) is 7.92. The number of para-hydroxylation sites is 1. The highest BCUT2D eigenvalue weighted by Gasteiger charge is 2.05. The van der Waals surface area contributed by atoms with Crippen LogP contribution in [0, 0.1) is 0 Å². The van der Waals surface area contributed by atoms with Gasteiger partial charge >= 0.3 is 0 Å². The Balaban J connectivity index is 0.000000185. The number of carbonyl (C=O) groups is 2. The molecule has 2 aromatic heterocycles. The van der Waals surface area contributed by atoms with E-state index in [0.717, 1.165) is 48.9 Å². The highest BCUT2D eigenvalue weighted by Crippen LogP contribution is 2.19. The Morgan fingerprint density at radius 3 is 2.76 bits per heavy atom. The van der Waals surface area contributed by atoms with Crippen LogP contribution in [-0.4, -0.2) is 35.3 Å². The summed E-state index contributed by atoms with van der Waals surface area (Å²) in [5, 5.41) is 3.38. The van der Waals surface area contributed by atoms with Crippen LogP contribution in [0.25, 0.3) is 10.2 Å². The average Bonchev–Trinajstić information content (AvgIpc) is 3.31. The maximum absolute atomic E-state index is 11.4. The fourth-order valence-corrected chi connectivity index (χ4v) is 3.32.